The van der Waals surface area contributed by atoms with Crippen LogP contribution < -0.4 is 10.6 Å². The molecule has 1 aliphatic heterocycles. The molecule has 0 unspecified atom stereocenters. The van der Waals surface area contributed by atoms with Crippen molar-refractivity contribution in [2.24, 2.45) is 5.41 Å². The van der Waals surface area contributed by atoms with Gasteiger partial charge in [0.05, 0.1) is 0 Å². The minimum atomic E-state index is -0.225. The molecule has 1 rings (SSSR count). The number of carbonyl (C=O) groups is 1. The van der Waals surface area contributed by atoms with Gasteiger partial charge >= 0.3 is 0 Å². The van der Waals surface area contributed by atoms with Crippen LogP contribution >= 0.6 is 0 Å². The van der Waals surface area contributed by atoms with Gasteiger partial charge < -0.3 is 10.6 Å². The Balaban J connectivity index is 2.39. The molecule has 82 valence electrons. The van der Waals surface area contributed by atoms with Crippen molar-refractivity contribution in [3.63, 3.8) is 0 Å². The predicted octanol–water partition coefficient (Wildman–Crippen LogP) is 1.29. The molecular formula is C11H22N2O. The van der Waals surface area contributed by atoms with Crippen LogP contribution in [0.4, 0.5) is 0 Å². The third-order valence-corrected chi connectivity index (χ3v) is 3.13. The second kappa shape index (κ2) is 4.78. The van der Waals surface area contributed by atoms with Gasteiger partial charge in [-0.25, -0.2) is 0 Å². The van der Waals surface area contributed by atoms with E-state index < -0.39 is 0 Å². The van der Waals surface area contributed by atoms with E-state index in [0.29, 0.717) is 6.04 Å². The molecule has 0 aliphatic carbocycles. The number of piperidine rings is 1. The van der Waals surface area contributed by atoms with Crippen LogP contribution in [-0.4, -0.2) is 25.0 Å². The zero-order chi connectivity index (χ0) is 10.6. The summed E-state index contributed by atoms with van der Waals surface area (Å²) in [5.41, 5.74) is -0.225. The Labute approximate surface area is 86.6 Å². The van der Waals surface area contributed by atoms with Crippen molar-refractivity contribution in [1.29, 1.82) is 0 Å². The summed E-state index contributed by atoms with van der Waals surface area (Å²) in [4.78, 5) is 11.8. The van der Waals surface area contributed by atoms with E-state index in [9.17, 15) is 4.79 Å². The molecule has 1 amide bonds. The molecule has 0 aromatic heterocycles. The smallest absolute Gasteiger partial charge is 0.225 e. The number of nitrogens with one attached hydrogen (secondary N) is 2. The molecular weight excluding hydrogens is 176 g/mol. The van der Waals surface area contributed by atoms with Crippen LogP contribution in [0.3, 0.4) is 0 Å². The minimum Gasteiger partial charge on any atom is -0.352 e. The van der Waals surface area contributed by atoms with Gasteiger partial charge in [-0.15, -0.1) is 0 Å². The molecule has 1 aliphatic rings. The highest BCUT2D eigenvalue weighted by Gasteiger charge is 2.27. The topological polar surface area (TPSA) is 41.1 Å². The van der Waals surface area contributed by atoms with Gasteiger partial charge in [-0.05, 0) is 25.8 Å². The van der Waals surface area contributed by atoms with Crippen LogP contribution in [0, 0.1) is 5.41 Å². The Kier molecular flexibility index (Phi) is 3.93. The van der Waals surface area contributed by atoms with E-state index in [1.165, 1.54) is 0 Å². The van der Waals surface area contributed by atoms with Crippen molar-refractivity contribution in [3.8, 4) is 0 Å². The van der Waals surface area contributed by atoms with E-state index in [-0.39, 0.29) is 11.3 Å². The SMILES string of the molecule is CCC(C)(C)C(=O)N[C@@H]1CCCNC1. The Morgan fingerprint density at radius 1 is 1.57 bits per heavy atom. The Morgan fingerprint density at radius 2 is 2.29 bits per heavy atom. The first-order chi connectivity index (χ1) is 6.56. The number of hydrogen-bond donors (Lipinski definition) is 2. The highest BCUT2D eigenvalue weighted by molar-refractivity contribution is 5.82. The van der Waals surface area contributed by atoms with Crippen molar-refractivity contribution >= 4 is 5.91 Å². The minimum absolute atomic E-state index is 0.189. The Bertz CT molecular complexity index is 195. The molecule has 1 fully saturated rings. The predicted molar refractivity (Wildman–Crippen MR) is 58.1 cm³/mol. The van der Waals surface area contributed by atoms with Crippen LogP contribution in [0.15, 0.2) is 0 Å². The monoisotopic (exact) mass is 198 g/mol. The molecule has 3 heteroatoms. The second-order valence-corrected chi connectivity index (χ2v) is 4.75. The summed E-state index contributed by atoms with van der Waals surface area (Å²) < 4.78 is 0. The summed E-state index contributed by atoms with van der Waals surface area (Å²) in [5.74, 6) is 0.189. The van der Waals surface area contributed by atoms with Crippen LogP contribution in [0.1, 0.15) is 40.0 Å². The molecule has 0 aromatic carbocycles. The van der Waals surface area contributed by atoms with Gasteiger partial charge in [0.15, 0.2) is 0 Å². The molecule has 2 N–H and O–H groups in total. The van der Waals surface area contributed by atoms with Gasteiger partial charge in [-0.1, -0.05) is 20.8 Å². The molecule has 0 bridgehead atoms. The van der Waals surface area contributed by atoms with Crippen LogP contribution in [-0.2, 0) is 4.79 Å². The Hall–Kier alpha value is -0.570. The zero-order valence-corrected chi connectivity index (χ0v) is 9.52. The molecule has 3 nitrogen and oxygen atoms in total. The average molecular weight is 198 g/mol. The maximum absolute atomic E-state index is 11.8. The fraction of sp³-hybridized carbons (Fsp3) is 0.909. The van der Waals surface area contributed by atoms with Gasteiger partial charge in [0.1, 0.15) is 0 Å². The van der Waals surface area contributed by atoms with E-state index >= 15 is 0 Å². The van der Waals surface area contributed by atoms with E-state index in [4.69, 9.17) is 0 Å². The van der Waals surface area contributed by atoms with Gasteiger partial charge in [0.2, 0.25) is 5.91 Å². The fourth-order valence-corrected chi connectivity index (χ4v) is 1.52. The van der Waals surface area contributed by atoms with Gasteiger partial charge in [0, 0.05) is 18.0 Å². The Morgan fingerprint density at radius 3 is 2.79 bits per heavy atom. The van der Waals surface area contributed by atoms with Crippen LogP contribution in [0.5, 0.6) is 0 Å². The number of hydrogen-bond acceptors (Lipinski definition) is 2. The van der Waals surface area contributed by atoms with E-state index in [1.54, 1.807) is 0 Å². The lowest BCUT2D eigenvalue weighted by Crippen LogP contribution is -2.49. The first-order valence-corrected chi connectivity index (χ1v) is 5.58. The standard InChI is InChI=1S/C11H22N2O/c1-4-11(2,3)10(14)13-9-6-5-7-12-8-9/h9,12H,4-8H2,1-3H3,(H,13,14)/t9-/m1/s1. The normalized spacial score (nSPS) is 23.2. The highest BCUT2D eigenvalue weighted by atomic mass is 16.2. The summed E-state index contributed by atoms with van der Waals surface area (Å²) in [5, 5.41) is 6.40. The lowest BCUT2D eigenvalue weighted by atomic mass is 9.88. The van der Waals surface area contributed by atoms with Crippen molar-refractivity contribution in [1.82, 2.24) is 10.6 Å². The molecule has 0 saturated carbocycles. The lowest BCUT2D eigenvalue weighted by molar-refractivity contribution is -0.130. The first-order valence-electron chi connectivity index (χ1n) is 5.58. The van der Waals surface area contributed by atoms with E-state index in [1.807, 2.05) is 13.8 Å². The third-order valence-electron chi connectivity index (χ3n) is 3.13. The summed E-state index contributed by atoms with van der Waals surface area (Å²) in [6, 6.07) is 0.335. The van der Waals surface area contributed by atoms with Crippen LogP contribution in [0.2, 0.25) is 0 Å². The summed E-state index contributed by atoms with van der Waals surface area (Å²) in [7, 11) is 0. The van der Waals surface area contributed by atoms with E-state index in [2.05, 4.69) is 17.6 Å². The van der Waals surface area contributed by atoms with E-state index in [0.717, 1.165) is 32.4 Å². The molecule has 1 atom stereocenters. The maximum atomic E-state index is 11.8. The largest absolute Gasteiger partial charge is 0.352 e. The molecule has 1 heterocycles. The number of carbonyl (C=O) groups excluding carboxylic acids is 1. The first kappa shape index (κ1) is 11.5. The lowest BCUT2D eigenvalue weighted by Gasteiger charge is -2.28. The molecule has 0 radical (unpaired) electrons. The summed E-state index contributed by atoms with van der Waals surface area (Å²) in [6.07, 6.45) is 3.16. The van der Waals surface area contributed by atoms with Gasteiger partial charge in [-0.3, -0.25) is 4.79 Å². The molecule has 0 aromatic rings. The molecule has 14 heavy (non-hydrogen) atoms. The van der Waals surface area contributed by atoms with Gasteiger partial charge in [0.25, 0.3) is 0 Å². The fourth-order valence-electron chi connectivity index (χ4n) is 1.52. The van der Waals surface area contributed by atoms with Crippen molar-refractivity contribution in [2.45, 2.75) is 46.1 Å². The van der Waals surface area contributed by atoms with Crippen molar-refractivity contribution in [3.05, 3.63) is 0 Å². The average Bonchev–Trinajstić information content (AvgIpc) is 2.19. The zero-order valence-electron chi connectivity index (χ0n) is 9.52. The number of rotatable bonds is 3. The third kappa shape index (κ3) is 2.98. The van der Waals surface area contributed by atoms with Crippen molar-refractivity contribution < 1.29 is 4.79 Å². The highest BCUT2D eigenvalue weighted by Crippen LogP contribution is 2.20. The molecule has 0 spiro atoms. The summed E-state index contributed by atoms with van der Waals surface area (Å²) in [6.45, 7) is 8.06. The van der Waals surface area contributed by atoms with Crippen LogP contribution in [0.25, 0.3) is 0 Å². The molecule has 1 saturated heterocycles. The summed E-state index contributed by atoms with van der Waals surface area (Å²) >= 11 is 0. The van der Waals surface area contributed by atoms with Gasteiger partial charge in [-0.2, -0.15) is 0 Å². The second-order valence-electron chi connectivity index (χ2n) is 4.75. The van der Waals surface area contributed by atoms with Crippen molar-refractivity contribution in [2.75, 3.05) is 13.1 Å². The quantitative estimate of drug-likeness (QED) is 0.717. The number of amides is 1. The maximum Gasteiger partial charge on any atom is 0.225 e.